The molecule has 144 valence electrons. The lowest BCUT2D eigenvalue weighted by Gasteiger charge is -2.35. The number of thiocarbonyl (C=S) groups is 1. The molecule has 0 spiro atoms. The van der Waals surface area contributed by atoms with Gasteiger partial charge in [-0.2, -0.15) is 0 Å². The Morgan fingerprint density at radius 3 is 2.70 bits per heavy atom. The molecule has 1 amide bonds. The summed E-state index contributed by atoms with van der Waals surface area (Å²) in [4.78, 5) is 12.2. The fourth-order valence-corrected chi connectivity index (χ4v) is 3.63. The van der Waals surface area contributed by atoms with Crippen LogP contribution in [-0.2, 0) is 0 Å². The summed E-state index contributed by atoms with van der Waals surface area (Å²) >= 11 is 5.28. The van der Waals surface area contributed by atoms with E-state index in [1.54, 1.807) is 24.3 Å². The van der Waals surface area contributed by atoms with Crippen LogP contribution in [0.2, 0.25) is 0 Å². The molecule has 2 aromatic rings. The molecule has 7 heteroatoms. The van der Waals surface area contributed by atoms with Gasteiger partial charge in [-0.25, -0.2) is 4.39 Å². The third-order valence-electron chi connectivity index (χ3n) is 5.28. The van der Waals surface area contributed by atoms with Crippen LogP contribution in [0.5, 0.6) is 0 Å². The minimum absolute atomic E-state index is 0.0724. The number of hydrogen-bond donors (Lipinski definition) is 3. The van der Waals surface area contributed by atoms with Crippen molar-refractivity contribution in [1.29, 1.82) is 0 Å². The summed E-state index contributed by atoms with van der Waals surface area (Å²) in [5.41, 5.74) is 5.53. The van der Waals surface area contributed by atoms with Crippen LogP contribution in [0.1, 0.15) is 43.7 Å². The van der Waals surface area contributed by atoms with E-state index in [0.29, 0.717) is 34.3 Å². The molecule has 1 aliphatic carbocycles. The number of hydrazine groups is 1. The van der Waals surface area contributed by atoms with E-state index in [2.05, 4.69) is 30.0 Å². The second kappa shape index (κ2) is 8.52. The largest absolute Gasteiger partial charge is 0.451 e. The maximum absolute atomic E-state index is 13.8. The maximum Gasteiger partial charge on any atom is 0.305 e. The highest BCUT2D eigenvalue weighted by atomic mass is 32.1. The van der Waals surface area contributed by atoms with Crippen LogP contribution >= 0.6 is 12.2 Å². The molecule has 0 bridgehead atoms. The van der Waals surface area contributed by atoms with E-state index in [1.807, 2.05) is 0 Å². The van der Waals surface area contributed by atoms with E-state index in [9.17, 15) is 9.18 Å². The third kappa shape index (κ3) is 4.66. The van der Waals surface area contributed by atoms with Crippen molar-refractivity contribution >= 4 is 23.2 Å². The highest BCUT2D eigenvalue weighted by Crippen LogP contribution is 2.29. The van der Waals surface area contributed by atoms with Crippen molar-refractivity contribution in [3.63, 3.8) is 0 Å². The smallest absolute Gasteiger partial charge is 0.305 e. The van der Waals surface area contributed by atoms with Gasteiger partial charge in [-0.3, -0.25) is 15.6 Å². The second-order valence-corrected chi connectivity index (χ2v) is 7.48. The van der Waals surface area contributed by atoms with Crippen LogP contribution in [0, 0.1) is 17.7 Å². The van der Waals surface area contributed by atoms with Gasteiger partial charge in [-0.1, -0.05) is 38.8 Å². The monoisotopic (exact) mass is 389 g/mol. The van der Waals surface area contributed by atoms with Crippen molar-refractivity contribution in [3.8, 4) is 11.3 Å². The Morgan fingerprint density at radius 1 is 1.15 bits per heavy atom. The van der Waals surface area contributed by atoms with Gasteiger partial charge in [0.2, 0.25) is 0 Å². The van der Waals surface area contributed by atoms with Gasteiger partial charge in [0.05, 0.1) is 5.56 Å². The number of carbonyl (C=O) groups is 1. The summed E-state index contributed by atoms with van der Waals surface area (Å²) in [6, 6.07) is 9.60. The van der Waals surface area contributed by atoms with E-state index in [-0.39, 0.29) is 5.76 Å². The lowest BCUT2D eigenvalue weighted by Crippen LogP contribution is -2.52. The molecule has 0 saturated heterocycles. The van der Waals surface area contributed by atoms with Crippen LogP contribution in [0.15, 0.2) is 40.8 Å². The normalized spacial score (nSPS) is 22.1. The zero-order valence-electron chi connectivity index (χ0n) is 15.4. The first-order chi connectivity index (χ1) is 13.0. The Labute approximate surface area is 163 Å². The number of nitrogens with one attached hydrogen (secondary N) is 3. The fourth-order valence-electron chi connectivity index (χ4n) is 3.43. The number of hydrogen-bond acceptors (Lipinski definition) is 3. The molecule has 3 N–H and O–H groups in total. The van der Waals surface area contributed by atoms with Crippen molar-refractivity contribution < 1.29 is 13.6 Å². The van der Waals surface area contributed by atoms with Crippen LogP contribution in [0.25, 0.3) is 11.3 Å². The zero-order chi connectivity index (χ0) is 19.4. The molecule has 1 heterocycles. The molecule has 0 radical (unpaired) electrons. The van der Waals surface area contributed by atoms with Gasteiger partial charge >= 0.3 is 5.91 Å². The Kier molecular flexibility index (Phi) is 6.11. The standard InChI is InChI=1S/C20H24FN3O2S/c1-12-6-5-9-16(13(12)2)22-20(27)24-23-19(25)18-11-10-17(26-18)14-7-3-4-8-15(14)21/h3-4,7-8,10-13,16H,5-6,9H2,1-2H3,(H,23,25)(H2,22,24,27)/t12-,13-,16-/m1/s1. The second-order valence-electron chi connectivity index (χ2n) is 7.07. The summed E-state index contributed by atoms with van der Waals surface area (Å²) in [6.45, 7) is 4.47. The van der Waals surface area contributed by atoms with Gasteiger partial charge < -0.3 is 9.73 Å². The minimum Gasteiger partial charge on any atom is -0.451 e. The van der Waals surface area contributed by atoms with Crippen LogP contribution in [-0.4, -0.2) is 17.1 Å². The number of halogens is 1. The average molecular weight is 389 g/mol. The SMILES string of the molecule is C[C@@H]1[C@H](C)CCC[C@H]1NC(=S)NNC(=O)c1ccc(-c2ccccc2F)o1. The average Bonchev–Trinajstić information content (AvgIpc) is 3.14. The van der Waals surface area contributed by atoms with E-state index < -0.39 is 11.7 Å². The molecule has 0 unspecified atom stereocenters. The predicted molar refractivity (Wildman–Crippen MR) is 106 cm³/mol. The molecule has 0 aliphatic heterocycles. The lowest BCUT2D eigenvalue weighted by atomic mass is 9.78. The van der Waals surface area contributed by atoms with E-state index in [1.165, 1.54) is 25.0 Å². The number of amides is 1. The van der Waals surface area contributed by atoms with Gasteiger partial charge in [-0.15, -0.1) is 0 Å². The van der Waals surface area contributed by atoms with Crippen molar-refractivity contribution in [3.05, 3.63) is 48.0 Å². The Morgan fingerprint density at radius 2 is 1.93 bits per heavy atom. The summed E-state index contributed by atoms with van der Waals surface area (Å²) in [7, 11) is 0. The molecule has 5 nitrogen and oxygen atoms in total. The molecular formula is C20H24FN3O2S. The molecule has 3 rings (SSSR count). The van der Waals surface area contributed by atoms with Crippen LogP contribution in [0.3, 0.4) is 0 Å². The Balaban J connectivity index is 1.54. The van der Waals surface area contributed by atoms with Crippen molar-refractivity contribution in [2.24, 2.45) is 11.8 Å². The summed E-state index contributed by atoms with van der Waals surface area (Å²) < 4.78 is 19.3. The van der Waals surface area contributed by atoms with Crippen molar-refractivity contribution in [1.82, 2.24) is 16.2 Å². The molecule has 1 aromatic heterocycles. The number of benzene rings is 1. The summed E-state index contributed by atoms with van der Waals surface area (Å²) in [6.07, 6.45) is 3.47. The molecule has 1 fully saturated rings. The number of furan rings is 1. The predicted octanol–water partition coefficient (Wildman–Crippen LogP) is 4.02. The van der Waals surface area contributed by atoms with E-state index >= 15 is 0 Å². The maximum atomic E-state index is 13.8. The first-order valence-corrected chi connectivity index (χ1v) is 9.58. The fraction of sp³-hybridized carbons (Fsp3) is 0.400. The Hall–Kier alpha value is -2.41. The van der Waals surface area contributed by atoms with Gasteiger partial charge in [0, 0.05) is 6.04 Å². The zero-order valence-corrected chi connectivity index (χ0v) is 16.2. The van der Waals surface area contributed by atoms with Crippen molar-refractivity contribution in [2.75, 3.05) is 0 Å². The molecular weight excluding hydrogens is 365 g/mol. The van der Waals surface area contributed by atoms with Crippen molar-refractivity contribution in [2.45, 2.75) is 39.2 Å². The quantitative estimate of drug-likeness (QED) is 0.547. The minimum atomic E-state index is -0.480. The Bertz CT molecular complexity index is 823. The summed E-state index contributed by atoms with van der Waals surface area (Å²) in [5, 5.41) is 3.64. The van der Waals surface area contributed by atoms with Crippen LogP contribution in [0.4, 0.5) is 4.39 Å². The molecule has 1 aromatic carbocycles. The van der Waals surface area contributed by atoms with Gasteiger partial charge in [0.1, 0.15) is 11.6 Å². The number of rotatable bonds is 3. The van der Waals surface area contributed by atoms with Gasteiger partial charge in [0.25, 0.3) is 0 Å². The third-order valence-corrected chi connectivity index (χ3v) is 5.50. The molecule has 1 saturated carbocycles. The van der Waals surface area contributed by atoms with E-state index in [0.717, 1.165) is 6.42 Å². The highest BCUT2D eigenvalue weighted by molar-refractivity contribution is 7.80. The number of carbonyl (C=O) groups excluding carboxylic acids is 1. The molecule has 3 atom stereocenters. The first-order valence-electron chi connectivity index (χ1n) is 9.17. The topological polar surface area (TPSA) is 66.3 Å². The molecule has 27 heavy (non-hydrogen) atoms. The highest BCUT2D eigenvalue weighted by Gasteiger charge is 2.27. The molecule has 1 aliphatic rings. The lowest BCUT2D eigenvalue weighted by molar-refractivity contribution is 0.0916. The van der Waals surface area contributed by atoms with Gasteiger partial charge in [-0.05, 0) is 54.7 Å². The first kappa shape index (κ1) is 19.4. The summed E-state index contributed by atoms with van der Waals surface area (Å²) in [5.74, 6) is 0.647. The van der Waals surface area contributed by atoms with Gasteiger partial charge in [0.15, 0.2) is 10.9 Å². The van der Waals surface area contributed by atoms with E-state index in [4.69, 9.17) is 16.6 Å². The van der Waals surface area contributed by atoms with Crippen LogP contribution < -0.4 is 16.2 Å².